The van der Waals surface area contributed by atoms with Crippen LogP contribution in [0.2, 0.25) is 5.02 Å². The summed E-state index contributed by atoms with van der Waals surface area (Å²) in [6, 6.07) is 3.48. The van der Waals surface area contributed by atoms with E-state index in [9.17, 15) is 18.0 Å². The number of nitrogens with one attached hydrogen (secondary N) is 2. The van der Waals surface area contributed by atoms with Gasteiger partial charge in [-0.15, -0.1) is 0 Å². The number of anilines is 1. The maximum absolute atomic E-state index is 13.1. The molecule has 1 aliphatic carbocycles. The van der Waals surface area contributed by atoms with Crippen LogP contribution < -0.4 is 10.6 Å². The van der Waals surface area contributed by atoms with E-state index in [-0.39, 0.29) is 30.7 Å². The lowest BCUT2D eigenvalue weighted by Crippen LogP contribution is -2.51. The van der Waals surface area contributed by atoms with Gasteiger partial charge >= 0.3 is 0 Å². The number of hydrogen-bond acceptors (Lipinski definition) is 5. The van der Waals surface area contributed by atoms with Crippen molar-refractivity contribution < 1.29 is 18.0 Å². The summed E-state index contributed by atoms with van der Waals surface area (Å²) in [4.78, 5) is 29.1. The molecule has 0 radical (unpaired) electrons. The molecule has 2 aliphatic heterocycles. The van der Waals surface area contributed by atoms with Crippen LogP contribution in [0, 0.1) is 18.8 Å². The van der Waals surface area contributed by atoms with Crippen molar-refractivity contribution in [2.45, 2.75) is 77.7 Å². The molecule has 2 fully saturated rings. The molecular weight excluding hydrogens is 500 g/mol. The van der Waals surface area contributed by atoms with Crippen molar-refractivity contribution in [1.29, 1.82) is 0 Å². The van der Waals surface area contributed by atoms with E-state index in [0.717, 1.165) is 35.7 Å². The van der Waals surface area contributed by atoms with Crippen LogP contribution in [-0.2, 0) is 26.0 Å². The number of nitrogens with zero attached hydrogens (tertiary/aromatic N) is 2. The van der Waals surface area contributed by atoms with E-state index in [4.69, 9.17) is 16.6 Å². The van der Waals surface area contributed by atoms with Crippen molar-refractivity contribution in [3.05, 3.63) is 28.3 Å². The van der Waals surface area contributed by atoms with Gasteiger partial charge in [-0.1, -0.05) is 24.9 Å². The molecular formula is C26H37ClN4O4S. The minimum absolute atomic E-state index is 0.0436. The number of amides is 2. The van der Waals surface area contributed by atoms with Gasteiger partial charge in [-0.25, -0.2) is 12.7 Å². The van der Waals surface area contributed by atoms with Gasteiger partial charge in [0.15, 0.2) is 0 Å². The molecule has 3 aliphatic rings. The van der Waals surface area contributed by atoms with Gasteiger partial charge in [0.1, 0.15) is 11.4 Å². The average Bonchev–Trinajstić information content (AvgIpc) is 3.15. The molecule has 4 rings (SSSR count). The summed E-state index contributed by atoms with van der Waals surface area (Å²) >= 11 is 6.28. The molecule has 1 aromatic carbocycles. The lowest BCUT2D eigenvalue weighted by molar-refractivity contribution is -0.125. The van der Waals surface area contributed by atoms with Gasteiger partial charge in [-0.3, -0.25) is 14.6 Å². The monoisotopic (exact) mass is 536 g/mol. The van der Waals surface area contributed by atoms with Crippen molar-refractivity contribution in [3.8, 4) is 0 Å². The fourth-order valence-corrected chi connectivity index (χ4v) is 7.41. The topological polar surface area (TPSA) is 108 Å². The number of carbonyl (C=O) groups excluding carboxylic acids is 2. The normalized spacial score (nSPS) is 24.4. The predicted molar refractivity (Wildman–Crippen MR) is 143 cm³/mol. The third kappa shape index (κ3) is 5.78. The second-order valence-corrected chi connectivity index (χ2v) is 13.0. The second-order valence-electron chi connectivity index (χ2n) is 10.5. The Morgan fingerprint density at radius 1 is 1.22 bits per heavy atom. The molecule has 198 valence electrons. The van der Waals surface area contributed by atoms with E-state index >= 15 is 0 Å². The standard InChI is InChI=1S/C26H37ClN4O4S/c1-4-19-5-7-20(8-6-19)24-29-25(33)26(30-24)10-12-31(13-11-26)36(34,35)14-9-21-16-22(27)23(15-17(21)2)28-18(3)32/h15-16,19-20H,4-14H2,1-3H3,(H,28,32)(H,29,30,33). The van der Waals surface area contributed by atoms with Gasteiger partial charge in [-0.2, -0.15) is 0 Å². The number of hydrogen-bond donors (Lipinski definition) is 2. The van der Waals surface area contributed by atoms with Gasteiger partial charge in [0, 0.05) is 25.9 Å². The van der Waals surface area contributed by atoms with Crippen LogP contribution in [0.4, 0.5) is 5.69 Å². The fraction of sp³-hybridized carbons (Fsp3) is 0.654. The molecule has 36 heavy (non-hydrogen) atoms. The van der Waals surface area contributed by atoms with Gasteiger partial charge in [0.05, 0.1) is 16.5 Å². The summed E-state index contributed by atoms with van der Waals surface area (Å²) in [5.74, 6) is 1.57. The van der Waals surface area contributed by atoms with Crippen LogP contribution in [0.3, 0.4) is 0 Å². The summed E-state index contributed by atoms with van der Waals surface area (Å²) in [5.41, 5.74) is 1.39. The largest absolute Gasteiger partial charge is 0.325 e. The summed E-state index contributed by atoms with van der Waals surface area (Å²) in [6.45, 7) is 6.09. The van der Waals surface area contributed by atoms with E-state index in [2.05, 4.69) is 17.6 Å². The Balaban J connectivity index is 1.36. The van der Waals surface area contributed by atoms with Crippen molar-refractivity contribution in [1.82, 2.24) is 9.62 Å². The van der Waals surface area contributed by atoms with Crippen LogP contribution in [0.15, 0.2) is 17.1 Å². The number of aryl methyl sites for hydroxylation is 2. The van der Waals surface area contributed by atoms with Crippen molar-refractivity contribution >= 4 is 45.0 Å². The quantitative estimate of drug-likeness (QED) is 0.547. The van der Waals surface area contributed by atoms with Gasteiger partial charge in [0.25, 0.3) is 5.91 Å². The third-order valence-electron chi connectivity index (χ3n) is 8.12. The molecule has 10 heteroatoms. The Hall–Kier alpha value is -1.97. The average molecular weight is 537 g/mol. The van der Waals surface area contributed by atoms with E-state index in [1.54, 1.807) is 12.1 Å². The number of amidine groups is 1. The highest BCUT2D eigenvalue weighted by atomic mass is 35.5. The molecule has 2 heterocycles. The SMILES string of the molecule is CCC1CCC(C2=NC3(CCN(S(=O)(=O)CCc4cc(Cl)c(NC(C)=O)cc4C)CC3)C(=O)N2)CC1. The smallest absolute Gasteiger partial charge is 0.253 e. The maximum atomic E-state index is 13.1. The first kappa shape index (κ1) is 27.1. The number of benzene rings is 1. The zero-order valence-electron chi connectivity index (χ0n) is 21.4. The van der Waals surface area contributed by atoms with E-state index in [1.165, 1.54) is 30.5 Å². The molecule has 0 aromatic heterocycles. The maximum Gasteiger partial charge on any atom is 0.253 e. The minimum atomic E-state index is -3.51. The molecule has 2 N–H and O–H groups in total. The summed E-state index contributed by atoms with van der Waals surface area (Å²) in [6.07, 6.45) is 6.80. The molecule has 1 saturated heterocycles. The number of sulfonamides is 1. The first-order valence-corrected chi connectivity index (χ1v) is 15.0. The highest BCUT2D eigenvalue weighted by Gasteiger charge is 2.48. The van der Waals surface area contributed by atoms with Gasteiger partial charge < -0.3 is 10.6 Å². The van der Waals surface area contributed by atoms with Gasteiger partial charge in [0.2, 0.25) is 15.9 Å². The molecule has 0 atom stereocenters. The summed E-state index contributed by atoms with van der Waals surface area (Å²) in [7, 11) is -3.51. The lowest BCUT2D eigenvalue weighted by Gasteiger charge is -2.34. The Kier molecular flexibility index (Phi) is 8.12. The van der Waals surface area contributed by atoms with Crippen molar-refractivity contribution in [2.75, 3.05) is 24.2 Å². The Labute approximate surface area is 219 Å². The fourth-order valence-electron chi connectivity index (χ4n) is 5.70. The lowest BCUT2D eigenvalue weighted by atomic mass is 9.80. The van der Waals surface area contributed by atoms with E-state index in [0.29, 0.717) is 35.9 Å². The molecule has 0 bridgehead atoms. The number of carbonyl (C=O) groups is 2. The van der Waals surface area contributed by atoms with Crippen LogP contribution in [0.5, 0.6) is 0 Å². The van der Waals surface area contributed by atoms with Crippen LogP contribution in [0.25, 0.3) is 0 Å². The van der Waals surface area contributed by atoms with Crippen molar-refractivity contribution in [2.24, 2.45) is 16.8 Å². The Bertz CT molecular complexity index is 1150. The molecule has 2 amide bonds. The first-order chi connectivity index (χ1) is 17.0. The summed E-state index contributed by atoms with van der Waals surface area (Å²) in [5, 5.41) is 6.11. The van der Waals surface area contributed by atoms with E-state index < -0.39 is 15.6 Å². The zero-order chi connectivity index (χ0) is 26.1. The van der Waals surface area contributed by atoms with Crippen LogP contribution in [-0.4, -0.2) is 54.8 Å². The van der Waals surface area contributed by atoms with Gasteiger partial charge in [-0.05, 0) is 81.0 Å². The molecule has 1 aromatic rings. The molecule has 0 unspecified atom stereocenters. The number of halogens is 1. The highest BCUT2D eigenvalue weighted by Crippen LogP contribution is 2.37. The zero-order valence-corrected chi connectivity index (χ0v) is 23.0. The molecule has 8 nitrogen and oxygen atoms in total. The van der Waals surface area contributed by atoms with Crippen molar-refractivity contribution in [3.63, 3.8) is 0 Å². The minimum Gasteiger partial charge on any atom is -0.325 e. The predicted octanol–water partition coefficient (Wildman–Crippen LogP) is 4.06. The second kappa shape index (κ2) is 10.8. The first-order valence-electron chi connectivity index (χ1n) is 13.0. The van der Waals surface area contributed by atoms with Crippen LogP contribution >= 0.6 is 11.6 Å². The Morgan fingerprint density at radius 3 is 2.50 bits per heavy atom. The number of rotatable bonds is 7. The number of piperidine rings is 1. The Morgan fingerprint density at radius 2 is 1.89 bits per heavy atom. The molecule has 1 spiro atoms. The van der Waals surface area contributed by atoms with E-state index in [1.807, 2.05) is 6.92 Å². The number of aliphatic imine (C=N–C) groups is 1. The highest BCUT2D eigenvalue weighted by molar-refractivity contribution is 7.89. The molecule has 1 saturated carbocycles. The third-order valence-corrected chi connectivity index (χ3v) is 10.3. The van der Waals surface area contributed by atoms with Crippen LogP contribution in [0.1, 0.15) is 69.9 Å². The summed E-state index contributed by atoms with van der Waals surface area (Å²) < 4.78 is 27.7.